The Hall–Kier alpha value is -6.53. The summed E-state index contributed by atoms with van der Waals surface area (Å²) in [7, 11) is 2.59. The Bertz CT molecular complexity index is 3050. The molecule has 0 spiro atoms. The van der Waals surface area contributed by atoms with E-state index in [1.165, 1.54) is 31.9 Å². The van der Waals surface area contributed by atoms with Crippen LogP contribution in [0.15, 0.2) is 65.9 Å². The van der Waals surface area contributed by atoms with Crippen LogP contribution in [0.4, 0.5) is 14.0 Å². The molecule has 3 unspecified atom stereocenters. The SMILES string of the molecule is COC(=O)NC(C(=O)N1CCC[C@@H]1c1ncc(-c2ccc3c(c2)cc2n3C(c3ccc(CC4CC4)s3)Oc3cc(C4=CN=C([C@@H]5CCCN5C(=O)[C@@H](NC(=O)OC)C(C)C)C4)cc(F)c3-2)[nH]1)C1C[C@@H](C)O[C@@H](C)C1. The van der Waals surface area contributed by atoms with Gasteiger partial charge in [-0.15, -0.1) is 11.3 Å². The van der Waals surface area contributed by atoms with Crippen molar-refractivity contribution in [1.82, 2.24) is 35.0 Å². The summed E-state index contributed by atoms with van der Waals surface area (Å²) in [6.45, 7) is 8.87. The van der Waals surface area contributed by atoms with E-state index in [4.69, 9.17) is 28.9 Å². The second-order valence-electron chi connectivity index (χ2n) is 21.4. The first-order chi connectivity index (χ1) is 35.7. The minimum atomic E-state index is -0.765. The number of halogens is 1. The number of H-pyrrole nitrogens is 1. The average molecular weight is 1030 g/mol. The van der Waals surface area contributed by atoms with Crippen molar-refractivity contribution in [3.05, 3.63) is 87.9 Å². The molecule has 8 atom stereocenters. The lowest BCUT2D eigenvalue weighted by molar-refractivity contribution is -0.138. The van der Waals surface area contributed by atoms with Gasteiger partial charge in [0.2, 0.25) is 18.0 Å². The van der Waals surface area contributed by atoms with Gasteiger partial charge in [-0.3, -0.25) is 19.1 Å². The Morgan fingerprint density at radius 1 is 0.878 bits per heavy atom. The summed E-state index contributed by atoms with van der Waals surface area (Å²) in [5, 5.41) is 6.49. The molecule has 8 heterocycles. The van der Waals surface area contributed by atoms with E-state index in [2.05, 4.69) is 44.5 Å². The van der Waals surface area contributed by atoms with Gasteiger partial charge in [0.05, 0.1) is 72.1 Å². The first kappa shape index (κ1) is 49.7. The zero-order valence-corrected chi connectivity index (χ0v) is 43.6. The number of hydrogen-bond donors (Lipinski definition) is 3. The molecule has 16 nitrogen and oxygen atoms in total. The number of amides is 4. The average Bonchev–Trinajstić information content (AvgIpc) is 4.12. The van der Waals surface area contributed by atoms with Crippen molar-refractivity contribution in [2.45, 2.75) is 135 Å². The molecular weight excluding hydrogens is 964 g/mol. The van der Waals surface area contributed by atoms with Crippen LogP contribution in [0.2, 0.25) is 0 Å². The zero-order chi connectivity index (χ0) is 51.5. The van der Waals surface area contributed by atoms with Crippen molar-refractivity contribution in [3.8, 4) is 28.3 Å². The van der Waals surface area contributed by atoms with Crippen molar-refractivity contribution < 1.29 is 42.5 Å². The van der Waals surface area contributed by atoms with Gasteiger partial charge in [0.15, 0.2) is 0 Å². The van der Waals surface area contributed by atoms with Gasteiger partial charge in [-0.25, -0.2) is 19.0 Å². The van der Waals surface area contributed by atoms with Gasteiger partial charge in [0, 0.05) is 47.2 Å². The predicted octanol–water partition coefficient (Wildman–Crippen LogP) is 9.94. The number of aliphatic imine (C=N–C) groups is 1. The summed E-state index contributed by atoms with van der Waals surface area (Å²) in [6, 6.07) is 14.0. The molecule has 1 aliphatic carbocycles. The van der Waals surface area contributed by atoms with E-state index < -0.39 is 36.3 Å². The normalized spacial score (nSPS) is 24.2. The minimum absolute atomic E-state index is 0.0474. The molecule has 0 bridgehead atoms. The van der Waals surface area contributed by atoms with E-state index >= 15 is 4.39 Å². The predicted molar refractivity (Wildman–Crippen MR) is 279 cm³/mol. The van der Waals surface area contributed by atoms with E-state index in [1.54, 1.807) is 29.8 Å². The molecule has 4 fully saturated rings. The number of carbonyl (C=O) groups excluding carboxylic acids is 4. The number of likely N-dealkylation sites (tertiary alicyclic amines) is 2. The highest BCUT2D eigenvalue weighted by Gasteiger charge is 2.43. The van der Waals surface area contributed by atoms with E-state index in [1.807, 2.05) is 55.7 Å². The fraction of sp³-hybridized carbons (Fsp3) is 0.500. The van der Waals surface area contributed by atoms with Gasteiger partial charge in [-0.2, -0.15) is 0 Å². The lowest BCUT2D eigenvalue weighted by Crippen LogP contribution is -2.54. The van der Waals surface area contributed by atoms with Gasteiger partial charge in [-0.1, -0.05) is 19.9 Å². The number of benzene rings is 2. The highest BCUT2D eigenvalue weighted by molar-refractivity contribution is 7.12. The highest BCUT2D eigenvalue weighted by atomic mass is 32.1. The van der Waals surface area contributed by atoms with Gasteiger partial charge in [0.1, 0.15) is 29.5 Å². The lowest BCUT2D eigenvalue weighted by atomic mass is 9.85. The van der Waals surface area contributed by atoms with Gasteiger partial charge in [-0.05, 0) is 143 Å². The number of allylic oxidation sites excluding steroid dienone is 1. The number of thiophene rings is 1. The quantitative estimate of drug-likeness (QED) is 0.103. The van der Waals surface area contributed by atoms with Gasteiger partial charge >= 0.3 is 12.2 Å². The summed E-state index contributed by atoms with van der Waals surface area (Å²) < 4.78 is 41.9. The highest BCUT2D eigenvalue weighted by Crippen LogP contribution is 2.49. The summed E-state index contributed by atoms with van der Waals surface area (Å²) in [5.41, 5.74) is 5.96. The number of nitrogens with zero attached hydrogens (tertiary/aromatic N) is 5. The standard InChI is InChI=1S/C56H65FN8O8S/c1-29(2)49(61-55(68)70-5)52(66)63-17-7-9-43(63)40-24-37(27-58-40)34-23-39(57)48-45-25-35-22-33(13-15-42(35)65(45)54(73-46(48)26-34)47-16-14-38(74-47)21-32-11-12-32)41-28-59-51(60-41)44-10-8-18-64(44)53(67)50(62-56(69)71-6)36-19-30(3)72-31(4)20-36/h13-16,22-23,25-32,36,43-44,49-50,54H,7-12,17-21,24H2,1-6H3,(H,59,60)(H,61,68)(H,62,69)/t30-,31+,36?,43-,44+,49-,50?,54?/m0/s1. The molecule has 390 valence electrons. The van der Waals surface area contributed by atoms with E-state index in [0.717, 1.165) is 70.4 Å². The van der Waals surface area contributed by atoms with Crippen molar-refractivity contribution in [1.29, 1.82) is 0 Å². The molecule has 0 radical (unpaired) electrons. The topological polar surface area (TPSA) is 182 Å². The van der Waals surface area contributed by atoms with E-state index in [-0.39, 0.29) is 47.9 Å². The van der Waals surface area contributed by atoms with Crippen LogP contribution in [-0.4, -0.2) is 112 Å². The number of carbonyl (C=O) groups is 4. The summed E-state index contributed by atoms with van der Waals surface area (Å²) in [5.74, 6) is 0.815. The van der Waals surface area contributed by atoms with Crippen LogP contribution >= 0.6 is 11.3 Å². The molecule has 3 N–H and O–H groups in total. The van der Waals surface area contributed by atoms with Crippen molar-refractivity contribution in [2.24, 2.45) is 22.7 Å². The van der Waals surface area contributed by atoms with E-state index in [9.17, 15) is 19.2 Å². The van der Waals surface area contributed by atoms with Crippen LogP contribution in [-0.2, 0) is 30.2 Å². The van der Waals surface area contributed by atoms with Crippen LogP contribution in [0.25, 0.3) is 39.0 Å². The molecule has 3 aromatic heterocycles. The second kappa shape index (κ2) is 20.3. The van der Waals surface area contributed by atoms with E-state index in [0.29, 0.717) is 66.7 Å². The minimum Gasteiger partial charge on any atom is -0.464 e. The van der Waals surface area contributed by atoms with Crippen LogP contribution < -0.4 is 15.4 Å². The van der Waals surface area contributed by atoms with Crippen LogP contribution in [0, 0.1) is 23.6 Å². The van der Waals surface area contributed by atoms with Crippen LogP contribution in [0.5, 0.6) is 5.75 Å². The van der Waals surface area contributed by atoms with Gasteiger partial charge < -0.3 is 44.4 Å². The van der Waals surface area contributed by atoms with Crippen LogP contribution in [0.1, 0.15) is 119 Å². The molecule has 2 aromatic carbocycles. The molecular formula is C56H65FN8O8S. The third-order valence-electron chi connectivity index (χ3n) is 15.9. The number of aromatic nitrogens is 3. The maximum Gasteiger partial charge on any atom is 0.407 e. The number of ether oxygens (including phenoxy) is 4. The monoisotopic (exact) mass is 1030 g/mol. The molecule has 4 amide bonds. The Labute approximate surface area is 434 Å². The van der Waals surface area contributed by atoms with Crippen molar-refractivity contribution in [3.63, 3.8) is 0 Å². The summed E-state index contributed by atoms with van der Waals surface area (Å²) in [4.78, 5) is 72.4. The Morgan fingerprint density at radius 3 is 2.34 bits per heavy atom. The molecule has 5 aliphatic heterocycles. The maximum atomic E-state index is 17.1. The number of aromatic amines is 1. The third kappa shape index (κ3) is 9.59. The fourth-order valence-electron chi connectivity index (χ4n) is 12.1. The lowest BCUT2D eigenvalue weighted by Gasteiger charge is -2.38. The maximum absolute atomic E-state index is 17.1. The Kier molecular flexibility index (Phi) is 13.6. The van der Waals surface area contributed by atoms with Crippen molar-refractivity contribution >= 4 is 57.5 Å². The number of imidazole rings is 1. The number of alkyl carbamates (subject to hydrolysis) is 2. The zero-order valence-electron chi connectivity index (χ0n) is 42.8. The fourth-order valence-corrected chi connectivity index (χ4v) is 13.2. The summed E-state index contributed by atoms with van der Waals surface area (Å²) in [6.07, 6.45) is 9.95. The molecule has 3 saturated heterocycles. The number of nitrogens with one attached hydrogen (secondary N) is 3. The first-order valence-electron chi connectivity index (χ1n) is 26.3. The number of fused-ring (bicyclic) bond motifs is 5. The Morgan fingerprint density at radius 2 is 1.61 bits per heavy atom. The molecule has 11 rings (SSSR count). The molecule has 18 heteroatoms. The third-order valence-corrected chi connectivity index (χ3v) is 17.0. The second-order valence-corrected chi connectivity index (χ2v) is 22.6. The molecule has 6 aliphatic rings. The number of rotatable bonds is 13. The van der Waals surface area contributed by atoms with Gasteiger partial charge in [0.25, 0.3) is 0 Å². The molecule has 74 heavy (non-hydrogen) atoms. The largest absolute Gasteiger partial charge is 0.464 e. The number of methoxy groups -OCH3 is 2. The first-order valence-corrected chi connectivity index (χ1v) is 27.1. The smallest absolute Gasteiger partial charge is 0.407 e. The summed E-state index contributed by atoms with van der Waals surface area (Å²) >= 11 is 1.74. The molecule has 1 saturated carbocycles. The Balaban J connectivity index is 0.874. The van der Waals surface area contributed by atoms with Crippen molar-refractivity contribution in [2.75, 3.05) is 27.3 Å². The molecule has 5 aromatic rings. The number of hydrogen-bond acceptors (Lipinski definition) is 11. The van der Waals surface area contributed by atoms with Crippen LogP contribution in [0.3, 0.4) is 0 Å².